The number of benzene rings is 1. The monoisotopic (exact) mass is 473 g/mol. The van der Waals surface area contributed by atoms with Gasteiger partial charge in [0.2, 0.25) is 6.41 Å². The highest BCUT2D eigenvalue weighted by Gasteiger charge is 2.02. The van der Waals surface area contributed by atoms with Gasteiger partial charge in [0.25, 0.3) is 0 Å². The lowest BCUT2D eigenvalue weighted by Gasteiger charge is -2.20. The first-order chi connectivity index (χ1) is 16.5. The number of rotatable bonds is 6. The van der Waals surface area contributed by atoms with Crippen molar-refractivity contribution in [1.82, 2.24) is 4.90 Å². The van der Waals surface area contributed by atoms with Gasteiger partial charge in [-0.15, -0.1) is 0 Å². The third-order valence-electron chi connectivity index (χ3n) is 4.34. The van der Waals surface area contributed by atoms with Gasteiger partial charge in [0.05, 0.1) is 11.4 Å². The van der Waals surface area contributed by atoms with Crippen LogP contribution in [0.4, 0.5) is 11.4 Å². The molecule has 1 amide bonds. The third kappa shape index (κ3) is 21.1. The summed E-state index contributed by atoms with van der Waals surface area (Å²) in [5.74, 6) is 0.360. The topological polar surface area (TPSA) is 83.1 Å². The average molecular weight is 474 g/mol. The quantitative estimate of drug-likeness (QED) is 0.280. The van der Waals surface area contributed by atoms with Crippen LogP contribution >= 0.6 is 0 Å². The highest BCUT2D eigenvalue weighted by Crippen LogP contribution is 2.23. The van der Waals surface area contributed by atoms with Gasteiger partial charge in [-0.3, -0.25) is 14.8 Å². The molecule has 0 aliphatic carbocycles. The van der Waals surface area contributed by atoms with Crippen LogP contribution in [0.1, 0.15) is 60.8 Å². The number of para-hydroxylation sites is 2. The first kappa shape index (κ1) is 35.9. The minimum Gasteiger partial charge on any atom is -0.386 e. The molecular weight excluding hydrogens is 422 g/mol. The molecule has 1 aliphatic rings. The molecule has 1 atom stereocenters. The Balaban J connectivity index is -0.000000563. The van der Waals surface area contributed by atoms with Crippen LogP contribution in [0.5, 0.6) is 0 Å². The Bertz CT molecular complexity index is 690. The number of carbonyl (C=O) groups excluding carboxylic acids is 1. The molecule has 0 bridgehead atoms. The number of hydrogen-bond acceptors (Lipinski definition) is 5. The molecule has 6 heteroatoms. The van der Waals surface area contributed by atoms with Crippen molar-refractivity contribution in [3.63, 3.8) is 0 Å². The zero-order valence-corrected chi connectivity index (χ0v) is 23.2. The van der Waals surface area contributed by atoms with Crippen molar-refractivity contribution in [1.29, 1.82) is 0 Å². The van der Waals surface area contributed by atoms with Gasteiger partial charge in [-0.1, -0.05) is 71.4 Å². The summed E-state index contributed by atoms with van der Waals surface area (Å²) in [5.41, 5.74) is 7.10. The molecule has 194 valence electrons. The molecule has 3 N–H and O–H groups in total. The molecule has 0 saturated carbocycles. The maximum absolute atomic E-state index is 8.58. The van der Waals surface area contributed by atoms with Gasteiger partial charge in [0, 0.05) is 32.1 Å². The van der Waals surface area contributed by atoms with E-state index in [4.69, 9.17) is 4.79 Å². The van der Waals surface area contributed by atoms with E-state index in [0.717, 1.165) is 16.9 Å². The minimum atomic E-state index is 0.250. The zero-order chi connectivity index (χ0) is 26.6. The van der Waals surface area contributed by atoms with Crippen molar-refractivity contribution in [3.8, 4) is 0 Å². The largest absolute Gasteiger partial charge is 0.386 e. The number of likely N-dealkylation sites (tertiary alicyclic amines) is 1. The molecule has 1 saturated heterocycles. The maximum atomic E-state index is 8.58. The standard InChI is InChI=1S/C17H23N3.C6H13N.2C2H6.CH3NO/c1-5-8-14(2)11-15(12-18-3)13-20-17-10-7-6-9-16(17)19-4;1-7-5-3-2-4-6-7;2*1-2;2-1-3/h5-14,19H,1-4H3;2-6H2,1H3;2*1-2H3;1H,(H2,2,3)/b8-5+,15-11+,18-12?,20-13?;;;;. The molecule has 1 aromatic rings. The summed E-state index contributed by atoms with van der Waals surface area (Å²) in [5, 5.41) is 3.13. The van der Waals surface area contributed by atoms with Crippen molar-refractivity contribution in [2.24, 2.45) is 21.6 Å². The number of hydrogen-bond donors (Lipinski definition) is 2. The number of aliphatic imine (C=N–C) groups is 2. The van der Waals surface area contributed by atoms with E-state index in [1.807, 2.05) is 78.4 Å². The van der Waals surface area contributed by atoms with Crippen LogP contribution in [-0.2, 0) is 4.79 Å². The second kappa shape index (κ2) is 28.3. The number of nitrogens with zero attached hydrogens (tertiary/aromatic N) is 3. The molecule has 0 spiro atoms. The van der Waals surface area contributed by atoms with Gasteiger partial charge in [-0.25, -0.2) is 0 Å². The van der Waals surface area contributed by atoms with Crippen LogP contribution in [0.25, 0.3) is 0 Å². The van der Waals surface area contributed by atoms with Crippen LogP contribution in [0, 0.1) is 5.92 Å². The highest BCUT2D eigenvalue weighted by molar-refractivity contribution is 6.05. The van der Waals surface area contributed by atoms with Gasteiger partial charge in [-0.2, -0.15) is 0 Å². The van der Waals surface area contributed by atoms with Crippen LogP contribution in [0.15, 0.2) is 58.1 Å². The van der Waals surface area contributed by atoms with E-state index in [1.54, 1.807) is 7.05 Å². The fourth-order valence-corrected chi connectivity index (χ4v) is 2.92. The van der Waals surface area contributed by atoms with Gasteiger partial charge in [-0.05, 0) is 58.0 Å². The summed E-state index contributed by atoms with van der Waals surface area (Å²) in [7, 11) is 5.86. The highest BCUT2D eigenvalue weighted by atomic mass is 16.1. The number of amides is 1. The number of carbonyl (C=O) groups is 1. The van der Waals surface area contributed by atoms with Gasteiger partial charge >= 0.3 is 0 Å². The summed E-state index contributed by atoms with van der Waals surface area (Å²) >= 11 is 0. The van der Waals surface area contributed by atoms with E-state index in [1.165, 1.54) is 32.4 Å². The molecule has 1 unspecified atom stereocenters. The van der Waals surface area contributed by atoms with Crippen molar-refractivity contribution >= 4 is 30.2 Å². The normalized spacial score (nSPS) is 14.4. The van der Waals surface area contributed by atoms with Gasteiger partial charge in [0.1, 0.15) is 0 Å². The Labute approximate surface area is 210 Å². The predicted molar refractivity (Wildman–Crippen MR) is 155 cm³/mol. The molecular formula is C28H51N5O. The van der Waals surface area contributed by atoms with E-state index in [-0.39, 0.29) is 6.41 Å². The van der Waals surface area contributed by atoms with E-state index < -0.39 is 0 Å². The van der Waals surface area contributed by atoms with Crippen LogP contribution in [0.2, 0.25) is 0 Å². The summed E-state index contributed by atoms with van der Waals surface area (Å²) in [6.45, 7) is 14.8. The second-order valence-corrected chi connectivity index (χ2v) is 6.96. The zero-order valence-electron chi connectivity index (χ0n) is 23.2. The molecule has 1 fully saturated rings. The molecule has 0 radical (unpaired) electrons. The third-order valence-corrected chi connectivity index (χ3v) is 4.34. The smallest absolute Gasteiger partial charge is 0.204 e. The number of anilines is 1. The van der Waals surface area contributed by atoms with Crippen molar-refractivity contribution in [2.75, 3.05) is 39.5 Å². The summed E-state index contributed by atoms with van der Waals surface area (Å²) in [4.78, 5) is 19.6. The second-order valence-electron chi connectivity index (χ2n) is 6.96. The molecule has 0 aromatic heterocycles. The first-order valence-corrected chi connectivity index (χ1v) is 12.4. The predicted octanol–water partition coefficient (Wildman–Crippen LogP) is 6.53. The number of nitrogens with one attached hydrogen (secondary N) is 1. The summed E-state index contributed by atoms with van der Waals surface area (Å²) in [6, 6.07) is 7.96. The fourth-order valence-electron chi connectivity index (χ4n) is 2.92. The van der Waals surface area contributed by atoms with E-state index in [9.17, 15) is 0 Å². The lowest BCUT2D eigenvalue weighted by molar-refractivity contribution is -0.106. The summed E-state index contributed by atoms with van der Waals surface area (Å²) in [6.07, 6.45) is 14.5. The molecule has 6 nitrogen and oxygen atoms in total. The number of primary amides is 1. The Morgan fingerprint density at radius 2 is 1.65 bits per heavy atom. The van der Waals surface area contributed by atoms with E-state index in [0.29, 0.717) is 5.92 Å². The van der Waals surface area contributed by atoms with Gasteiger partial charge in [0.15, 0.2) is 0 Å². The molecule has 34 heavy (non-hydrogen) atoms. The van der Waals surface area contributed by atoms with Crippen LogP contribution in [0.3, 0.4) is 0 Å². The maximum Gasteiger partial charge on any atom is 0.204 e. The van der Waals surface area contributed by atoms with Crippen molar-refractivity contribution in [3.05, 3.63) is 48.1 Å². The Hall–Kier alpha value is -2.73. The Morgan fingerprint density at radius 1 is 1.09 bits per heavy atom. The fraction of sp³-hybridized carbons (Fsp3) is 0.536. The number of piperidine rings is 1. The van der Waals surface area contributed by atoms with Crippen LogP contribution in [-0.4, -0.2) is 58.0 Å². The number of allylic oxidation sites excluding steroid dienone is 4. The van der Waals surface area contributed by atoms with E-state index >= 15 is 0 Å². The molecule has 1 heterocycles. The van der Waals surface area contributed by atoms with E-state index in [2.05, 4.69) is 58.1 Å². The SMILES string of the molecule is C/C=C/C(C)/C=C(\C=NC)C=Nc1ccccc1NC.CC.CC.CN1CCCCC1.NC=O. The lowest BCUT2D eigenvalue weighted by atomic mass is 10.1. The average Bonchev–Trinajstić information content (AvgIpc) is 2.87. The molecule has 2 rings (SSSR count). The van der Waals surface area contributed by atoms with Crippen molar-refractivity contribution in [2.45, 2.75) is 60.8 Å². The van der Waals surface area contributed by atoms with Gasteiger partial charge < -0.3 is 16.0 Å². The number of nitrogens with two attached hydrogens (primary N) is 1. The lowest BCUT2D eigenvalue weighted by Crippen LogP contribution is -2.24. The Morgan fingerprint density at radius 3 is 2.09 bits per heavy atom. The van der Waals surface area contributed by atoms with Crippen molar-refractivity contribution < 1.29 is 4.79 Å². The van der Waals surface area contributed by atoms with Crippen LogP contribution < -0.4 is 11.1 Å². The molecule has 1 aromatic carbocycles. The minimum absolute atomic E-state index is 0.250. The summed E-state index contributed by atoms with van der Waals surface area (Å²) < 4.78 is 0. The first-order valence-electron chi connectivity index (χ1n) is 12.4. The Kier molecular flexibility index (Phi) is 29.8. The molecule has 1 aliphatic heterocycles.